The van der Waals surface area contributed by atoms with Crippen LogP contribution >= 0.6 is 11.6 Å². The van der Waals surface area contributed by atoms with E-state index in [4.69, 9.17) is 16.3 Å². The zero-order valence-electron chi connectivity index (χ0n) is 16.4. The predicted octanol–water partition coefficient (Wildman–Crippen LogP) is 4.24. The Kier molecular flexibility index (Phi) is 5.41. The van der Waals surface area contributed by atoms with E-state index in [1.165, 1.54) is 50.9 Å². The van der Waals surface area contributed by atoms with Crippen LogP contribution in [0.25, 0.3) is 11.3 Å². The quantitative estimate of drug-likeness (QED) is 0.807. The first-order valence-electron chi connectivity index (χ1n) is 10.5. The molecule has 3 aliphatic rings. The Hall–Kier alpha value is -1.76. The van der Waals surface area contributed by atoms with Gasteiger partial charge in [0.1, 0.15) is 11.6 Å². The summed E-state index contributed by atoms with van der Waals surface area (Å²) in [7, 11) is 0. The standard InChI is InChI=1S/C22H26ClFN4O/c23-20-2-1-16(24)11-19(20)21-3-4-22(27-26-21)25-17-9-14-12-28(13-15(14)10-17)18-5-7-29-8-6-18/h1-4,11,14-15,17-18H,5-10,12-13H2,(H,25,27)/t14-,15+,17+. The number of rotatable bonds is 4. The van der Waals surface area contributed by atoms with E-state index in [2.05, 4.69) is 20.4 Å². The number of fused-ring (bicyclic) bond motifs is 1. The Morgan fingerprint density at radius 1 is 1.03 bits per heavy atom. The molecule has 1 aliphatic carbocycles. The van der Waals surface area contributed by atoms with Crippen LogP contribution in [0, 0.1) is 17.7 Å². The number of likely N-dealkylation sites (tertiary alicyclic amines) is 1. The van der Waals surface area contributed by atoms with Crippen LogP contribution < -0.4 is 5.32 Å². The summed E-state index contributed by atoms with van der Waals surface area (Å²) in [6.45, 7) is 4.26. The third-order valence-corrected chi connectivity index (χ3v) is 7.04. The number of aromatic nitrogens is 2. The normalized spacial score (nSPS) is 27.9. The lowest BCUT2D eigenvalue weighted by molar-refractivity contribution is 0.0396. The van der Waals surface area contributed by atoms with Crippen LogP contribution in [-0.2, 0) is 4.74 Å². The number of benzene rings is 1. The maximum absolute atomic E-state index is 13.5. The molecule has 5 rings (SSSR count). The third kappa shape index (κ3) is 4.11. The Balaban J connectivity index is 1.18. The highest BCUT2D eigenvalue weighted by molar-refractivity contribution is 6.33. The average Bonchev–Trinajstić information content (AvgIpc) is 3.30. The van der Waals surface area contributed by atoms with E-state index < -0.39 is 0 Å². The monoisotopic (exact) mass is 416 g/mol. The third-order valence-electron chi connectivity index (χ3n) is 6.71. The van der Waals surface area contributed by atoms with Gasteiger partial charge in [0.25, 0.3) is 0 Å². The number of nitrogens with zero attached hydrogens (tertiary/aromatic N) is 3. The number of ether oxygens (including phenoxy) is 1. The van der Waals surface area contributed by atoms with Gasteiger partial charge < -0.3 is 10.1 Å². The number of hydrogen-bond acceptors (Lipinski definition) is 5. The van der Waals surface area contributed by atoms with E-state index in [-0.39, 0.29) is 5.82 Å². The highest BCUT2D eigenvalue weighted by Gasteiger charge is 2.42. The van der Waals surface area contributed by atoms with Crippen molar-refractivity contribution in [3.8, 4) is 11.3 Å². The molecule has 1 saturated carbocycles. The largest absolute Gasteiger partial charge is 0.381 e. The summed E-state index contributed by atoms with van der Waals surface area (Å²) in [4.78, 5) is 2.70. The molecule has 0 radical (unpaired) electrons. The Morgan fingerprint density at radius 2 is 1.79 bits per heavy atom. The molecule has 154 valence electrons. The van der Waals surface area contributed by atoms with Gasteiger partial charge in [-0.15, -0.1) is 10.2 Å². The summed E-state index contributed by atoms with van der Waals surface area (Å²) < 4.78 is 19.0. The first kappa shape index (κ1) is 19.2. The molecule has 1 aromatic carbocycles. The lowest BCUT2D eigenvalue weighted by Gasteiger charge is -2.32. The van der Waals surface area contributed by atoms with Crippen molar-refractivity contribution < 1.29 is 9.13 Å². The molecule has 0 bridgehead atoms. The molecule has 2 aliphatic heterocycles. The Morgan fingerprint density at radius 3 is 2.48 bits per heavy atom. The molecular weight excluding hydrogens is 391 g/mol. The van der Waals surface area contributed by atoms with Crippen LogP contribution in [0.4, 0.5) is 10.2 Å². The first-order chi connectivity index (χ1) is 14.2. The van der Waals surface area contributed by atoms with Crippen molar-refractivity contribution in [1.29, 1.82) is 0 Å². The molecule has 29 heavy (non-hydrogen) atoms. The van der Waals surface area contributed by atoms with Gasteiger partial charge >= 0.3 is 0 Å². The second-order valence-electron chi connectivity index (χ2n) is 8.56. The van der Waals surface area contributed by atoms with Gasteiger partial charge in [-0.05, 0) is 67.9 Å². The summed E-state index contributed by atoms with van der Waals surface area (Å²) in [5.41, 5.74) is 1.14. The maximum Gasteiger partial charge on any atom is 0.148 e. The molecule has 7 heteroatoms. The minimum Gasteiger partial charge on any atom is -0.381 e. The predicted molar refractivity (Wildman–Crippen MR) is 111 cm³/mol. The Labute approximate surface area is 175 Å². The van der Waals surface area contributed by atoms with Crippen LogP contribution in [0.3, 0.4) is 0 Å². The zero-order valence-corrected chi connectivity index (χ0v) is 17.1. The number of hydrogen-bond donors (Lipinski definition) is 1. The molecule has 2 aromatic rings. The summed E-state index contributed by atoms with van der Waals surface area (Å²) in [5.74, 6) is 1.98. The molecule has 3 atom stereocenters. The van der Waals surface area contributed by atoms with Crippen molar-refractivity contribution in [2.75, 3.05) is 31.6 Å². The second-order valence-corrected chi connectivity index (χ2v) is 8.97. The summed E-state index contributed by atoms with van der Waals surface area (Å²) in [6, 6.07) is 9.19. The number of anilines is 1. The van der Waals surface area contributed by atoms with Crippen molar-refractivity contribution in [1.82, 2.24) is 15.1 Å². The molecule has 0 amide bonds. The maximum atomic E-state index is 13.5. The van der Waals surface area contributed by atoms with Gasteiger partial charge in [-0.3, -0.25) is 4.90 Å². The molecule has 1 aromatic heterocycles. The molecule has 3 heterocycles. The van der Waals surface area contributed by atoms with Gasteiger partial charge in [0.05, 0.1) is 10.7 Å². The fraction of sp³-hybridized carbons (Fsp3) is 0.545. The fourth-order valence-corrected chi connectivity index (χ4v) is 5.47. The highest BCUT2D eigenvalue weighted by Crippen LogP contribution is 2.40. The van der Waals surface area contributed by atoms with Gasteiger partial charge in [0, 0.05) is 44.0 Å². The molecule has 0 spiro atoms. The van der Waals surface area contributed by atoms with Crippen LogP contribution in [0.5, 0.6) is 0 Å². The molecule has 2 saturated heterocycles. The Bertz CT molecular complexity index is 844. The van der Waals surface area contributed by atoms with E-state index in [0.29, 0.717) is 28.4 Å². The molecule has 0 unspecified atom stereocenters. The lowest BCUT2D eigenvalue weighted by Crippen LogP contribution is -2.39. The van der Waals surface area contributed by atoms with Crippen molar-refractivity contribution >= 4 is 17.4 Å². The van der Waals surface area contributed by atoms with Crippen molar-refractivity contribution in [3.63, 3.8) is 0 Å². The van der Waals surface area contributed by atoms with Crippen LogP contribution in [0.1, 0.15) is 25.7 Å². The second kappa shape index (κ2) is 8.17. The van der Waals surface area contributed by atoms with E-state index in [9.17, 15) is 4.39 Å². The van der Waals surface area contributed by atoms with Gasteiger partial charge in [-0.1, -0.05) is 11.6 Å². The SMILES string of the molecule is Fc1ccc(Cl)c(-c2ccc(N[C@H]3C[C@@H]4CN(C5CCOCC5)C[C@@H]4C3)nn2)c1. The molecular formula is C22H26ClFN4O. The smallest absolute Gasteiger partial charge is 0.148 e. The zero-order chi connectivity index (χ0) is 19.8. The van der Waals surface area contributed by atoms with E-state index in [1.54, 1.807) is 6.07 Å². The van der Waals surface area contributed by atoms with Gasteiger partial charge in [-0.2, -0.15) is 0 Å². The summed E-state index contributed by atoms with van der Waals surface area (Å²) in [5, 5.41) is 12.6. The number of nitrogens with one attached hydrogen (secondary N) is 1. The highest BCUT2D eigenvalue weighted by atomic mass is 35.5. The van der Waals surface area contributed by atoms with Crippen LogP contribution in [0.2, 0.25) is 5.02 Å². The van der Waals surface area contributed by atoms with E-state index in [1.807, 2.05) is 12.1 Å². The lowest BCUT2D eigenvalue weighted by atomic mass is 10.0. The van der Waals surface area contributed by atoms with Crippen molar-refractivity contribution in [3.05, 3.63) is 41.2 Å². The van der Waals surface area contributed by atoms with Gasteiger partial charge in [-0.25, -0.2) is 4.39 Å². The van der Waals surface area contributed by atoms with Gasteiger partial charge in [0.15, 0.2) is 0 Å². The van der Waals surface area contributed by atoms with E-state index in [0.717, 1.165) is 30.9 Å². The van der Waals surface area contributed by atoms with Crippen molar-refractivity contribution in [2.24, 2.45) is 11.8 Å². The molecule has 3 fully saturated rings. The average molecular weight is 417 g/mol. The molecule has 5 nitrogen and oxygen atoms in total. The summed E-state index contributed by atoms with van der Waals surface area (Å²) >= 11 is 6.17. The van der Waals surface area contributed by atoms with Gasteiger partial charge in [0.2, 0.25) is 0 Å². The molecule has 1 N–H and O–H groups in total. The minimum absolute atomic E-state index is 0.333. The number of halogens is 2. The minimum atomic E-state index is -0.333. The van der Waals surface area contributed by atoms with Crippen molar-refractivity contribution in [2.45, 2.75) is 37.8 Å². The topological polar surface area (TPSA) is 50.3 Å². The first-order valence-corrected chi connectivity index (χ1v) is 10.9. The van der Waals surface area contributed by atoms with Crippen LogP contribution in [0.15, 0.2) is 30.3 Å². The van der Waals surface area contributed by atoms with Crippen LogP contribution in [-0.4, -0.2) is 53.5 Å². The summed E-state index contributed by atoms with van der Waals surface area (Å²) in [6.07, 6.45) is 4.73. The van der Waals surface area contributed by atoms with E-state index >= 15 is 0 Å². The fourth-order valence-electron chi connectivity index (χ4n) is 5.26.